The van der Waals surface area contributed by atoms with E-state index in [-0.39, 0.29) is 23.6 Å². The lowest BCUT2D eigenvalue weighted by molar-refractivity contribution is -0.138. The lowest BCUT2D eigenvalue weighted by Crippen LogP contribution is -2.36. The number of ether oxygens (including phenoxy) is 2. The van der Waals surface area contributed by atoms with E-state index in [0.717, 1.165) is 39.1 Å². The highest BCUT2D eigenvalue weighted by molar-refractivity contribution is 7.99. The summed E-state index contributed by atoms with van der Waals surface area (Å²) in [5.41, 5.74) is 4.01. The SMILES string of the molecule is CCSCCOC(=O)C1=C(C)NC2=C(C(=O)C[C@@H](c3cccc(OC)c3)C2)[C@H]1c1cccs1. The number of hydrogen-bond acceptors (Lipinski definition) is 7. The molecule has 1 aromatic heterocycles. The third kappa shape index (κ3) is 5.04. The molecule has 1 aromatic carbocycles. The van der Waals surface area contributed by atoms with Crippen molar-refractivity contribution >= 4 is 34.9 Å². The first-order chi connectivity index (χ1) is 16.0. The summed E-state index contributed by atoms with van der Waals surface area (Å²) in [4.78, 5) is 27.7. The first-order valence-corrected chi connectivity index (χ1v) is 13.2. The van der Waals surface area contributed by atoms with Crippen LogP contribution < -0.4 is 10.1 Å². The Labute approximate surface area is 203 Å². The zero-order valence-electron chi connectivity index (χ0n) is 19.2. The number of esters is 1. The number of hydrogen-bond donors (Lipinski definition) is 1. The molecule has 2 atom stereocenters. The molecule has 5 nitrogen and oxygen atoms in total. The number of carbonyl (C=O) groups is 2. The number of benzene rings is 1. The second-order valence-corrected chi connectivity index (χ2v) is 10.5. The van der Waals surface area contributed by atoms with Crippen molar-refractivity contribution in [3.8, 4) is 5.75 Å². The Bertz CT molecular complexity index is 1090. The van der Waals surface area contributed by atoms with Gasteiger partial charge < -0.3 is 14.8 Å². The minimum absolute atomic E-state index is 0.0650. The molecule has 0 spiro atoms. The van der Waals surface area contributed by atoms with Gasteiger partial charge in [-0.1, -0.05) is 25.1 Å². The quantitative estimate of drug-likeness (QED) is 0.400. The molecule has 0 bridgehead atoms. The molecule has 0 saturated carbocycles. The molecule has 7 heteroatoms. The Kier molecular flexibility index (Phi) is 7.60. The molecule has 0 amide bonds. The van der Waals surface area contributed by atoms with Gasteiger partial charge in [0.05, 0.1) is 18.6 Å². The zero-order chi connectivity index (χ0) is 23.4. The highest BCUT2D eigenvalue weighted by Gasteiger charge is 2.41. The number of ketones is 1. The lowest BCUT2D eigenvalue weighted by Gasteiger charge is -2.36. The van der Waals surface area contributed by atoms with Gasteiger partial charge in [0.15, 0.2) is 5.78 Å². The fourth-order valence-corrected chi connectivity index (χ4v) is 5.93. The summed E-state index contributed by atoms with van der Waals surface area (Å²) in [7, 11) is 1.65. The molecule has 4 rings (SSSR count). The monoisotopic (exact) mass is 483 g/mol. The predicted octanol–water partition coefficient (Wildman–Crippen LogP) is 5.41. The second kappa shape index (κ2) is 10.6. The van der Waals surface area contributed by atoms with Gasteiger partial charge >= 0.3 is 5.97 Å². The van der Waals surface area contributed by atoms with E-state index < -0.39 is 0 Å². The summed E-state index contributed by atoms with van der Waals surface area (Å²) in [6.45, 7) is 4.35. The van der Waals surface area contributed by atoms with Crippen molar-refractivity contribution in [3.63, 3.8) is 0 Å². The van der Waals surface area contributed by atoms with Crippen LogP contribution in [0.3, 0.4) is 0 Å². The van der Waals surface area contributed by atoms with Crippen molar-refractivity contribution in [1.29, 1.82) is 0 Å². The molecule has 1 N–H and O–H groups in total. The molecule has 2 aliphatic rings. The maximum absolute atomic E-state index is 13.5. The largest absolute Gasteiger partial charge is 0.497 e. The first-order valence-electron chi connectivity index (χ1n) is 11.2. The van der Waals surface area contributed by atoms with Gasteiger partial charge in [-0.2, -0.15) is 11.8 Å². The molecule has 33 heavy (non-hydrogen) atoms. The van der Waals surface area contributed by atoms with Gasteiger partial charge in [-0.3, -0.25) is 4.79 Å². The molecule has 0 radical (unpaired) electrons. The molecule has 0 unspecified atom stereocenters. The van der Waals surface area contributed by atoms with Gasteiger partial charge in [0.25, 0.3) is 0 Å². The standard InChI is InChI=1S/C26H29NO4S2/c1-4-32-12-10-31-26(29)23-16(2)27-20-14-18(17-7-5-8-19(13-17)30-3)15-21(28)24(20)25(23)22-9-6-11-33-22/h5-9,11,13,18,25,27H,4,10,12,14-15H2,1-3H3/t18-,25-/m0/s1. The number of rotatable bonds is 8. The van der Waals surface area contributed by atoms with Crippen molar-refractivity contribution in [2.24, 2.45) is 0 Å². The minimum Gasteiger partial charge on any atom is -0.497 e. The maximum Gasteiger partial charge on any atom is 0.336 e. The topological polar surface area (TPSA) is 64.6 Å². The Morgan fingerprint density at radius 2 is 2.09 bits per heavy atom. The third-order valence-corrected chi connectivity index (χ3v) is 7.91. The molecule has 1 aliphatic carbocycles. The van der Waals surface area contributed by atoms with Gasteiger partial charge in [0.2, 0.25) is 0 Å². The Morgan fingerprint density at radius 3 is 2.82 bits per heavy atom. The normalized spacial score (nSPS) is 20.4. The van der Waals surface area contributed by atoms with Gasteiger partial charge in [0, 0.05) is 34.0 Å². The van der Waals surface area contributed by atoms with Crippen LogP contribution in [0.25, 0.3) is 0 Å². The van der Waals surface area contributed by atoms with Crippen LogP contribution in [-0.2, 0) is 14.3 Å². The summed E-state index contributed by atoms with van der Waals surface area (Å²) < 4.78 is 11.0. The molecule has 0 fully saturated rings. The van der Waals surface area contributed by atoms with Crippen molar-refractivity contribution in [3.05, 3.63) is 74.8 Å². The van der Waals surface area contributed by atoms with Crippen molar-refractivity contribution < 1.29 is 19.1 Å². The van der Waals surface area contributed by atoms with Crippen molar-refractivity contribution in [2.45, 2.75) is 38.5 Å². The minimum atomic E-state index is -0.383. The smallest absolute Gasteiger partial charge is 0.336 e. The molecule has 0 saturated heterocycles. The van der Waals surface area contributed by atoms with Crippen LogP contribution in [0.15, 0.2) is 64.3 Å². The number of methoxy groups -OCH3 is 1. The van der Waals surface area contributed by atoms with Gasteiger partial charge in [-0.15, -0.1) is 11.3 Å². The summed E-state index contributed by atoms with van der Waals surface area (Å²) in [5.74, 6) is 1.95. The van der Waals surface area contributed by atoms with Crippen LogP contribution in [0.1, 0.15) is 49.0 Å². The lowest BCUT2D eigenvalue weighted by atomic mass is 9.73. The van der Waals surface area contributed by atoms with Crippen molar-refractivity contribution in [2.75, 3.05) is 25.2 Å². The summed E-state index contributed by atoms with van der Waals surface area (Å²) in [5, 5.41) is 5.39. The van der Waals surface area contributed by atoms with Crippen LogP contribution >= 0.6 is 23.1 Å². The van der Waals surface area contributed by atoms with Gasteiger partial charge in [0.1, 0.15) is 12.4 Å². The number of dihydropyridines is 1. The fourth-order valence-electron chi connectivity index (χ4n) is 4.60. The number of carbonyl (C=O) groups excluding carboxylic acids is 2. The van der Waals surface area contributed by atoms with E-state index in [0.29, 0.717) is 30.6 Å². The number of thiophene rings is 1. The molecule has 2 heterocycles. The van der Waals surface area contributed by atoms with Crippen molar-refractivity contribution in [1.82, 2.24) is 5.32 Å². The number of thioether (sulfide) groups is 1. The van der Waals surface area contributed by atoms with Crippen LogP contribution in [0.5, 0.6) is 5.75 Å². The van der Waals surface area contributed by atoms with Gasteiger partial charge in [-0.25, -0.2) is 4.79 Å². The van der Waals surface area contributed by atoms with E-state index >= 15 is 0 Å². The first kappa shape index (κ1) is 23.6. The van der Waals surface area contributed by atoms with Gasteiger partial charge in [-0.05, 0) is 54.2 Å². The average Bonchev–Trinajstić information content (AvgIpc) is 3.35. The number of nitrogens with one attached hydrogen (secondary N) is 1. The van der Waals surface area contributed by atoms with E-state index in [9.17, 15) is 9.59 Å². The van der Waals surface area contributed by atoms with E-state index in [2.05, 4.69) is 12.2 Å². The molecule has 174 valence electrons. The summed E-state index contributed by atoms with van der Waals surface area (Å²) in [6.07, 6.45) is 1.12. The maximum atomic E-state index is 13.5. The number of allylic oxidation sites excluding steroid dienone is 3. The Morgan fingerprint density at radius 1 is 1.24 bits per heavy atom. The van der Waals surface area contributed by atoms with E-state index in [1.807, 2.05) is 48.7 Å². The third-order valence-electron chi connectivity index (χ3n) is 6.11. The van der Waals surface area contributed by atoms with Crippen LogP contribution in [-0.4, -0.2) is 37.0 Å². The molecular weight excluding hydrogens is 454 g/mol. The zero-order valence-corrected chi connectivity index (χ0v) is 20.8. The Balaban J connectivity index is 1.66. The second-order valence-electron chi connectivity index (χ2n) is 8.14. The highest BCUT2D eigenvalue weighted by Crippen LogP contribution is 2.46. The van der Waals surface area contributed by atoms with Crippen LogP contribution in [0.4, 0.5) is 0 Å². The van der Waals surface area contributed by atoms with E-state index in [4.69, 9.17) is 9.47 Å². The van der Waals surface area contributed by atoms with E-state index in [1.54, 1.807) is 30.2 Å². The summed E-state index contributed by atoms with van der Waals surface area (Å²) >= 11 is 3.30. The molecule has 2 aromatic rings. The molecular formula is C26H29NO4S2. The average molecular weight is 484 g/mol. The summed E-state index contributed by atoms with van der Waals surface area (Å²) in [6, 6.07) is 11.9. The Hall–Kier alpha value is -2.51. The number of Topliss-reactive ketones (excluding diaryl/α,β-unsaturated/α-hetero) is 1. The molecule has 1 aliphatic heterocycles. The van der Waals surface area contributed by atoms with E-state index in [1.165, 1.54) is 0 Å². The fraction of sp³-hybridized carbons (Fsp3) is 0.385. The predicted molar refractivity (Wildman–Crippen MR) is 134 cm³/mol. The van der Waals surface area contributed by atoms with Crippen LogP contribution in [0.2, 0.25) is 0 Å². The van der Waals surface area contributed by atoms with Crippen LogP contribution in [0, 0.1) is 0 Å². The highest BCUT2D eigenvalue weighted by atomic mass is 32.2.